The SMILES string of the molecule is Cc1cccc(SCC(=O)c2ccccc2OC(C)C)c1. The fourth-order valence-corrected chi connectivity index (χ4v) is 2.88. The summed E-state index contributed by atoms with van der Waals surface area (Å²) in [5.74, 6) is 1.18. The van der Waals surface area contributed by atoms with Gasteiger partial charge in [0.15, 0.2) is 5.78 Å². The van der Waals surface area contributed by atoms with E-state index >= 15 is 0 Å². The molecule has 0 saturated carbocycles. The molecule has 2 rings (SSSR count). The zero-order chi connectivity index (χ0) is 15.2. The van der Waals surface area contributed by atoms with Crippen molar-refractivity contribution in [2.45, 2.75) is 31.8 Å². The smallest absolute Gasteiger partial charge is 0.176 e. The van der Waals surface area contributed by atoms with Gasteiger partial charge in [-0.2, -0.15) is 0 Å². The molecule has 3 heteroatoms. The Labute approximate surface area is 130 Å². The van der Waals surface area contributed by atoms with E-state index in [-0.39, 0.29) is 11.9 Å². The largest absolute Gasteiger partial charge is 0.490 e. The van der Waals surface area contributed by atoms with E-state index in [1.54, 1.807) is 11.8 Å². The molecule has 2 nitrogen and oxygen atoms in total. The van der Waals surface area contributed by atoms with Crippen LogP contribution in [0.15, 0.2) is 53.4 Å². The minimum absolute atomic E-state index is 0.0587. The first-order valence-electron chi connectivity index (χ1n) is 7.04. The van der Waals surface area contributed by atoms with Gasteiger partial charge in [-0.3, -0.25) is 4.79 Å². The summed E-state index contributed by atoms with van der Waals surface area (Å²) in [4.78, 5) is 13.5. The van der Waals surface area contributed by atoms with E-state index in [0.717, 1.165) is 4.90 Å². The van der Waals surface area contributed by atoms with Crippen molar-refractivity contribution in [3.05, 3.63) is 59.7 Å². The Balaban J connectivity index is 2.07. The molecule has 0 aliphatic heterocycles. The normalized spacial score (nSPS) is 10.7. The highest BCUT2D eigenvalue weighted by Crippen LogP contribution is 2.24. The van der Waals surface area contributed by atoms with E-state index in [1.807, 2.05) is 50.2 Å². The Kier molecular flexibility index (Phi) is 5.45. The van der Waals surface area contributed by atoms with Crippen molar-refractivity contribution in [2.75, 3.05) is 5.75 Å². The van der Waals surface area contributed by atoms with Gasteiger partial charge >= 0.3 is 0 Å². The lowest BCUT2D eigenvalue weighted by Gasteiger charge is -2.13. The van der Waals surface area contributed by atoms with E-state index in [2.05, 4.69) is 19.1 Å². The molecule has 2 aromatic rings. The van der Waals surface area contributed by atoms with Crippen LogP contribution in [-0.2, 0) is 0 Å². The Morgan fingerprint density at radius 1 is 1.14 bits per heavy atom. The third-order valence-corrected chi connectivity index (χ3v) is 3.90. The topological polar surface area (TPSA) is 26.3 Å². The van der Waals surface area contributed by atoms with Gasteiger partial charge in [0.2, 0.25) is 0 Å². The predicted octanol–water partition coefficient (Wildman–Crippen LogP) is 4.76. The molecule has 0 aromatic heterocycles. The van der Waals surface area contributed by atoms with Crippen LogP contribution in [0, 0.1) is 6.92 Å². The lowest BCUT2D eigenvalue weighted by Crippen LogP contribution is -2.11. The summed E-state index contributed by atoms with van der Waals surface area (Å²) in [6.45, 7) is 5.98. The van der Waals surface area contributed by atoms with Crippen molar-refractivity contribution >= 4 is 17.5 Å². The molecule has 0 unspecified atom stereocenters. The van der Waals surface area contributed by atoms with Crippen LogP contribution in [0.2, 0.25) is 0 Å². The van der Waals surface area contributed by atoms with E-state index < -0.39 is 0 Å². The minimum atomic E-state index is 0.0587. The monoisotopic (exact) mass is 300 g/mol. The van der Waals surface area contributed by atoms with Crippen LogP contribution in [0.3, 0.4) is 0 Å². The summed E-state index contributed by atoms with van der Waals surface area (Å²) in [7, 11) is 0. The highest BCUT2D eigenvalue weighted by molar-refractivity contribution is 8.00. The van der Waals surface area contributed by atoms with Crippen LogP contribution >= 0.6 is 11.8 Å². The lowest BCUT2D eigenvalue weighted by molar-refractivity contribution is 0.101. The van der Waals surface area contributed by atoms with E-state index in [1.165, 1.54) is 5.56 Å². The molecule has 21 heavy (non-hydrogen) atoms. The van der Waals surface area contributed by atoms with E-state index in [9.17, 15) is 4.79 Å². The highest BCUT2D eigenvalue weighted by Gasteiger charge is 2.13. The third-order valence-electron chi connectivity index (χ3n) is 2.91. The van der Waals surface area contributed by atoms with Gasteiger partial charge in [0.25, 0.3) is 0 Å². The van der Waals surface area contributed by atoms with Gasteiger partial charge in [-0.1, -0.05) is 29.8 Å². The number of Topliss-reactive ketones (excluding diaryl/α,β-unsaturated/α-hetero) is 1. The summed E-state index contributed by atoms with van der Waals surface area (Å²) >= 11 is 1.56. The number of aryl methyl sites for hydroxylation is 1. The molecular formula is C18H20O2S. The fraction of sp³-hybridized carbons (Fsp3) is 0.278. The predicted molar refractivity (Wildman–Crippen MR) is 88.4 cm³/mol. The first kappa shape index (κ1) is 15.6. The maximum absolute atomic E-state index is 12.4. The number of benzene rings is 2. The number of hydrogen-bond donors (Lipinski definition) is 0. The molecule has 0 aliphatic rings. The van der Waals surface area contributed by atoms with Crippen molar-refractivity contribution < 1.29 is 9.53 Å². The summed E-state index contributed by atoms with van der Waals surface area (Å²) in [5.41, 5.74) is 1.86. The van der Waals surface area contributed by atoms with Gasteiger partial charge in [-0.25, -0.2) is 0 Å². The molecule has 2 aromatic carbocycles. The molecule has 0 radical (unpaired) electrons. The summed E-state index contributed by atoms with van der Waals surface area (Å²) in [6.07, 6.45) is 0.0587. The third kappa shape index (κ3) is 4.64. The summed E-state index contributed by atoms with van der Waals surface area (Å²) in [6, 6.07) is 15.6. The average Bonchev–Trinajstić information content (AvgIpc) is 2.45. The van der Waals surface area contributed by atoms with Crippen molar-refractivity contribution in [2.24, 2.45) is 0 Å². The zero-order valence-electron chi connectivity index (χ0n) is 12.6. The van der Waals surface area contributed by atoms with Crippen LogP contribution in [-0.4, -0.2) is 17.6 Å². The molecule has 0 N–H and O–H groups in total. The molecule has 0 spiro atoms. The standard InChI is InChI=1S/C18H20O2S/c1-13(2)20-18-10-5-4-9-16(18)17(19)12-21-15-8-6-7-14(3)11-15/h4-11,13H,12H2,1-3H3. The van der Waals surface area contributed by atoms with Gasteiger partial charge in [0, 0.05) is 4.90 Å². The van der Waals surface area contributed by atoms with Gasteiger partial charge in [-0.05, 0) is 45.0 Å². The molecule has 0 heterocycles. The van der Waals surface area contributed by atoms with E-state index in [4.69, 9.17) is 4.74 Å². The second kappa shape index (κ2) is 7.32. The van der Waals surface area contributed by atoms with Crippen molar-refractivity contribution in [1.82, 2.24) is 0 Å². The summed E-state index contributed by atoms with van der Waals surface area (Å²) in [5, 5.41) is 0. The Morgan fingerprint density at radius 2 is 1.90 bits per heavy atom. The van der Waals surface area contributed by atoms with Gasteiger partial charge in [0.1, 0.15) is 5.75 Å². The molecule has 0 amide bonds. The number of carbonyl (C=O) groups excluding carboxylic acids is 1. The number of para-hydroxylation sites is 1. The second-order valence-electron chi connectivity index (χ2n) is 5.19. The highest BCUT2D eigenvalue weighted by atomic mass is 32.2. The van der Waals surface area contributed by atoms with Crippen LogP contribution in [0.25, 0.3) is 0 Å². The number of hydrogen-bond acceptors (Lipinski definition) is 3. The molecule has 0 aliphatic carbocycles. The lowest BCUT2D eigenvalue weighted by atomic mass is 10.1. The minimum Gasteiger partial charge on any atom is -0.490 e. The number of ketones is 1. The Bertz CT molecular complexity index is 620. The van der Waals surface area contributed by atoms with Gasteiger partial charge < -0.3 is 4.74 Å². The zero-order valence-corrected chi connectivity index (χ0v) is 13.4. The van der Waals surface area contributed by atoms with Crippen molar-refractivity contribution in [3.63, 3.8) is 0 Å². The quantitative estimate of drug-likeness (QED) is 0.568. The molecule has 110 valence electrons. The average molecular weight is 300 g/mol. The van der Waals surface area contributed by atoms with Crippen LogP contribution < -0.4 is 4.74 Å². The van der Waals surface area contributed by atoms with Gasteiger partial charge in [0.05, 0.1) is 17.4 Å². The maximum atomic E-state index is 12.4. The Morgan fingerprint density at radius 3 is 2.62 bits per heavy atom. The molecule has 0 fully saturated rings. The van der Waals surface area contributed by atoms with Crippen molar-refractivity contribution in [3.8, 4) is 5.75 Å². The summed E-state index contributed by atoms with van der Waals surface area (Å²) < 4.78 is 5.71. The van der Waals surface area contributed by atoms with Crippen LogP contribution in [0.1, 0.15) is 29.8 Å². The fourth-order valence-electron chi connectivity index (χ4n) is 1.99. The van der Waals surface area contributed by atoms with Gasteiger partial charge in [-0.15, -0.1) is 11.8 Å². The maximum Gasteiger partial charge on any atom is 0.176 e. The number of thioether (sulfide) groups is 1. The number of rotatable bonds is 6. The second-order valence-corrected chi connectivity index (χ2v) is 6.24. The number of ether oxygens (including phenoxy) is 1. The first-order chi connectivity index (χ1) is 10.1. The Hall–Kier alpha value is -1.74. The molecular weight excluding hydrogens is 280 g/mol. The molecule has 0 bridgehead atoms. The van der Waals surface area contributed by atoms with E-state index in [0.29, 0.717) is 17.1 Å². The number of carbonyl (C=O) groups is 1. The first-order valence-corrected chi connectivity index (χ1v) is 8.03. The molecule has 0 atom stereocenters. The molecule has 0 saturated heterocycles. The van der Waals surface area contributed by atoms with Crippen LogP contribution in [0.5, 0.6) is 5.75 Å². The van der Waals surface area contributed by atoms with Crippen LogP contribution in [0.4, 0.5) is 0 Å². The van der Waals surface area contributed by atoms with Crippen molar-refractivity contribution in [1.29, 1.82) is 0 Å².